The van der Waals surface area contributed by atoms with Crippen LogP contribution in [0.2, 0.25) is 0 Å². The summed E-state index contributed by atoms with van der Waals surface area (Å²) in [5.41, 5.74) is 5.88. The number of benzene rings is 2. The van der Waals surface area contributed by atoms with Crippen molar-refractivity contribution >= 4 is 29.6 Å². The van der Waals surface area contributed by atoms with Crippen LogP contribution in [0.4, 0.5) is 4.39 Å². The van der Waals surface area contributed by atoms with Crippen molar-refractivity contribution in [2.45, 2.75) is 18.9 Å². The predicted octanol–water partition coefficient (Wildman–Crippen LogP) is 1.66. The molecule has 0 saturated carbocycles. The number of primary amides is 1. The second-order valence-corrected chi connectivity index (χ2v) is 6.90. The van der Waals surface area contributed by atoms with Gasteiger partial charge in [-0.3, -0.25) is 14.4 Å². The first-order valence-corrected chi connectivity index (χ1v) is 9.50. The van der Waals surface area contributed by atoms with E-state index in [0.29, 0.717) is 11.1 Å². The molecular formula is C22H19FN2O7. The molecule has 2 aromatic carbocycles. The number of carboxylic acid groups (broad SMARTS) is 1. The number of nitrogens with two attached hydrogens (primary N) is 1. The largest absolute Gasteiger partial charge is 0.484 e. The lowest BCUT2D eigenvalue weighted by Gasteiger charge is -2.14. The minimum absolute atomic E-state index is 0.0558. The summed E-state index contributed by atoms with van der Waals surface area (Å²) in [5.74, 6) is -2.94. The monoisotopic (exact) mass is 442 g/mol. The number of ether oxygens (including phenoxy) is 2. The average molecular weight is 442 g/mol. The van der Waals surface area contributed by atoms with E-state index < -0.39 is 36.2 Å². The van der Waals surface area contributed by atoms with E-state index in [4.69, 9.17) is 20.3 Å². The molecule has 0 radical (unpaired) electrons. The summed E-state index contributed by atoms with van der Waals surface area (Å²) in [4.78, 5) is 46.5. The number of rotatable bonds is 9. The number of hydrogen-bond donors (Lipinski definition) is 3. The third kappa shape index (κ3) is 5.69. The van der Waals surface area contributed by atoms with Gasteiger partial charge in [0.1, 0.15) is 23.4 Å². The van der Waals surface area contributed by atoms with Crippen LogP contribution in [-0.4, -0.2) is 41.3 Å². The second kappa shape index (κ2) is 9.73. The van der Waals surface area contributed by atoms with Crippen molar-refractivity contribution < 1.29 is 38.1 Å². The lowest BCUT2D eigenvalue weighted by Crippen LogP contribution is -2.43. The van der Waals surface area contributed by atoms with Crippen molar-refractivity contribution in [3.05, 3.63) is 65.2 Å². The zero-order valence-corrected chi connectivity index (χ0v) is 16.7. The number of nitrogens with one attached hydrogen (secondary N) is 1. The van der Waals surface area contributed by atoms with Gasteiger partial charge < -0.3 is 25.6 Å². The first-order chi connectivity index (χ1) is 15.2. The Morgan fingerprint density at radius 1 is 1.19 bits per heavy atom. The average Bonchev–Trinajstić information content (AvgIpc) is 3.05. The zero-order valence-electron chi connectivity index (χ0n) is 16.7. The van der Waals surface area contributed by atoms with Gasteiger partial charge in [-0.2, -0.15) is 0 Å². The fraction of sp³-hybridized carbons (Fsp3) is 0.182. The number of allylic oxidation sites excluding steroid dienone is 1. The third-order valence-electron chi connectivity index (χ3n) is 4.49. The molecule has 0 saturated heterocycles. The van der Waals surface area contributed by atoms with E-state index in [1.54, 1.807) is 0 Å². The van der Waals surface area contributed by atoms with Gasteiger partial charge >= 0.3 is 5.97 Å². The molecule has 1 aliphatic rings. The van der Waals surface area contributed by atoms with Crippen LogP contribution in [0.25, 0.3) is 6.08 Å². The normalized spacial score (nSPS) is 14.4. The summed E-state index contributed by atoms with van der Waals surface area (Å²) in [6, 6.07) is 8.62. The number of hydrogen-bond acceptors (Lipinski definition) is 6. The smallest absolute Gasteiger partial charge is 0.326 e. The summed E-state index contributed by atoms with van der Waals surface area (Å²) in [6.07, 6.45) is 1.14. The maximum absolute atomic E-state index is 13.0. The molecule has 3 rings (SSSR count). The summed E-state index contributed by atoms with van der Waals surface area (Å²) in [6.45, 7) is -0.495. The number of Topliss-reactive ketones (excluding diaryl/α,β-unsaturated/α-hetero) is 1. The van der Waals surface area contributed by atoms with Crippen LogP contribution in [0.3, 0.4) is 0 Å². The molecule has 1 heterocycles. The summed E-state index contributed by atoms with van der Waals surface area (Å²) < 4.78 is 24.0. The molecule has 0 bridgehead atoms. The number of ketones is 1. The van der Waals surface area contributed by atoms with Crippen LogP contribution in [0, 0.1) is 5.82 Å². The lowest BCUT2D eigenvalue weighted by atomic mass is 10.1. The highest BCUT2D eigenvalue weighted by molar-refractivity contribution is 6.14. The van der Waals surface area contributed by atoms with E-state index in [1.165, 1.54) is 48.5 Å². The lowest BCUT2D eigenvalue weighted by molar-refractivity contribution is -0.142. The molecule has 166 valence electrons. The Balaban J connectivity index is 1.61. The number of carbonyl (C=O) groups excluding carboxylic acids is 3. The quantitative estimate of drug-likeness (QED) is 0.501. The van der Waals surface area contributed by atoms with E-state index in [-0.39, 0.29) is 35.9 Å². The minimum atomic E-state index is -1.30. The number of aliphatic carboxylic acids is 1. The van der Waals surface area contributed by atoms with Gasteiger partial charge in [-0.1, -0.05) is 12.1 Å². The summed E-state index contributed by atoms with van der Waals surface area (Å²) in [5, 5.41) is 11.4. The number of carboxylic acids is 1. The van der Waals surface area contributed by atoms with Crippen LogP contribution in [0.5, 0.6) is 11.5 Å². The number of fused-ring (bicyclic) bond motifs is 1. The predicted molar refractivity (Wildman–Crippen MR) is 109 cm³/mol. The van der Waals surface area contributed by atoms with Gasteiger partial charge in [0.15, 0.2) is 12.4 Å². The van der Waals surface area contributed by atoms with Crippen molar-refractivity contribution in [2.24, 2.45) is 5.73 Å². The molecule has 1 aliphatic heterocycles. The first-order valence-electron chi connectivity index (χ1n) is 9.50. The van der Waals surface area contributed by atoms with Crippen LogP contribution in [-0.2, 0) is 14.4 Å². The fourth-order valence-electron chi connectivity index (χ4n) is 2.90. The number of amides is 2. The Morgan fingerprint density at radius 2 is 1.91 bits per heavy atom. The van der Waals surface area contributed by atoms with E-state index in [1.807, 2.05) is 0 Å². The fourth-order valence-corrected chi connectivity index (χ4v) is 2.90. The maximum Gasteiger partial charge on any atom is 0.326 e. The third-order valence-corrected chi connectivity index (χ3v) is 4.49. The number of carbonyl (C=O) groups is 4. The Morgan fingerprint density at radius 3 is 2.56 bits per heavy atom. The zero-order chi connectivity index (χ0) is 23.3. The molecular weight excluding hydrogens is 423 g/mol. The van der Waals surface area contributed by atoms with Gasteiger partial charge in [0.2, 0.25) is 11.7 Å². The SMILES string of the molecule is NC(=O)CCC(NC(=O)COc1ccc2c(c1)OC(=Cc1ccc(F)cc1)C2=O)C(=O)O. The van der Waals surface area contributed by atoms with Crippen molar-refractivity contribution in [3.8, 4) is 11.5 Å². The Labute approximate surface area is 181 Å². The van der Waals surface area contributed by atoms with Crippen molar-refractivity contribution in [1.82, 2.24) is 5.32 Å². The molecule has 1 atom stereocenters. The Kier molecular flexibility index (Phi) is 6.83. The molecule has 32 heavy (non-hydrogen) atoms. The molecule has 0 fully saturated rings. The Hall–Kier alpha value is -4.21. The van der Waals surface area contributed by atoms with E-state index in [2.05, 4.69) is 5.32 Å². The Bertz CT molecular complexity index is 1100. The standard InChI is InChI=1S/C22H19FN2O7/c23-13-3-1-12(2-4-13)9-18-21(28)15-6-5-14(10-17(15)32-18)31-11-20(27)25-16(22(29)30)7-8-19(24)26/h1-6,9-10,16H,7-8,11H2,(H2,24,26)(H,25,27)(H,29,30). The topological polar surface area (TPSA) is 145 Å². The van der Waals surface area contributed by atoms with Gasteiger partial charge in [0.25, 0.3) is 5.91 Å². The first kappa shape index (κ1) is 22.5. The van der Waals surface area contributed by atoms with Gasteiger partial charge in [-0.25, -0.2) is 9.18 Å². The molecule has 1 unspecified atom stereocenters. The van der Waals surface area contributed by atoms with Gasteiger partial charge in [0.05, 0.1) is 5.56 Å². The highest BCUT2D eigenvalue weighted by Crippen LogP contribution is 2.34. The molecule has 0 spiro atoms. The molecule has 2 amide bonds. The maximum atomic E-state index is 13.0. The van der Waals surface area contributed by atoms with Crippen molar-refractivity contribution in [2.75, 3.05) is 6.61 Å². The highest BCUT2D eigenvalue weighted by atomic mass is 19.1. The van der Waals surface area contributed by atoms with Crippen LogP contribution < -0.4 is 20.5 Å². The molecule has 0 aliphatic carbocycles. The van der Waals surface area contributed by atoms with Gasteiger partial charge in [0, 0.05) is 12.5 Å². The molecule has 0 aromatic heterocycles. The number of halogens is 1. The van der Waals surface area contributed by atoms with Crippen molar-refractivity contribution in [1.29, 1.82) is 0 Å². The van der Waals surface area contributed by atoms with Crippen LogP contribution in [0.15, 0.2) is 48.2 Å². The summed E-state index contributed by atoms with van der Waals surface area (Å²) >= 11 is 0. The van der Waals surface area contributed by atoms with Crippen LogP contribution >= 0.6 is 0 Å². The molecule has 10 heteroatoms. The highest BCUT2D eigenvalue weighted by Gasteiger charge is 2.28. The molecule has 2 aromatic rings. The van der Waals surface area contributed by atoms with Gasteiger partial charge in [-0.15, -0.1) is 0 Å². The van der Waals surface area contributed by atoms with Gasteiger partial charge in [-0.05, 0) is 42.3 Å². The van der Waals surface area contributed by atoms with Crippen molar-refractivity contribution in [3.63, 3.8) is 0 Å². The minimum Gasteiger partial charge on any atom is -0.484 e. The summed E-state index contributed by atoms with van der Waals surface area (Å²) in [7, 11) is 0. The van der Waals surface area contributed by atoms with E-state index in [0.717, 1.165) is 0 Å². The van der Waals surface area contributed by atoms with E-state index >= 15 is 0 Å². The second-order valence-electron chi connectivity index (χ2n) is 6.90. The molecule has 4 N–H and O–H groups in total. The van der Waals surface area contributed by atoms with E-state index in [9.17, 15) is 23.6 Å². The molecule has 9 nitrogen and oxygen atoms in total. The van der Waals surface area contributed by atoms with Crippen LogP contribution in [0.1, 0.15) is 28.8 Å².